The minimum Gasteiger partial charge on any atom is -0.299 e. The highest BCUT2D eigenvalue weighted by atomic mass is 16.1. The molecule has 4 fully saturated rings. The number of carbonyl (C=O) groups is 1. The number of allylic oxidation sites excluding steroid dienone is 2. The van der Waals surface area contributed by atoms with Crippen LogP contribution >= 0.6 is 0 Å². The molecule has 8 atom stereocenters. The Bertz CT molecular complexity index is 647. The lowest BCUT2D eigenvalue weighted by Gasteiger charge is -2.61. The third kappa shape index (κ3) is 3.86. The Labute approximate surface area is 186 Å². The molecule has 0 amide bonds. The second-order valence-electron chi connectivity index (χ2n) is 12.9. The first kappa shape index (κ1) is 22.6. The van der Waals surface area contributed by atoms with E-state index in [2.05, 4.69) is 34.6 Å². The molecule has 1 nitrogen and oxygen atoms in total. The van der Waals surface area contributed by atoms with Gasteiger partial charge in [-0.1, -0.05) is 59.5 Å². The standard InChI is InChI=1S/C29H48O/c1-20(2)7-6-8-21(3)25-11-12-26-24-10-9-23-19-22(15-18-30)13-16-28(23,4)27(24)14-17-29(25,26)5/h15,18,20-21,23-27H,6-14,16-17,19H2,1-5H3/t21-,23?,24+,25-,26+,27+,28+,29-/m1/s1. The van der Waals surface area contributed by atoms with Crippen LogP contribution in [0.2, 0.25) is 0 Å². The van der Waals surface area contributed by atoms with Gasteiger partial charge in [0, 0.05) is 0 Å². The summed E-state index contributed by atoms with van der Waals surface area (Å²) >= 11 is 0. The number of aldehydes is 1. The quantitative estimate of drug-likeness (QED) is 0.317. The molecule has 4 aliphatic rings. The first-order valence-corrected chi connectivity index (χ1v) is 13.4. The predicted molar refractivity (Wildman–Crippen MR) is 127 cm³/mol. The van der Waals surface area contributed by atoms with E-state index in [1.807, 2.05) is 6.08 Å². The summed E-state index contributed by atoms with van der Waals surface area (Å²) in [6.07, 6.45) is 19.7. The summed E-state index contributed by atoms with van der Waals surface area (Å²) < 4.78 is 0. The second-order valence-corrected chi connectivity index (χ2v) is 12.9. The molecule has 170 valence electrons. The third-order valence-corrected chi connectivity index (χ3v) is 11.1. The summed E-state index contributed by atoms with van der Waals surface area (Å²) in [4.78, 5) is 11.0. The van der Waals surface area contributed by atoms with Crippen LogP contribution in [0, 0.1) is 52.3 Å². The van der Waals surface area contributed by atoms with E-state index in [4.69, 9.17) is 0 Å². The Morgan fingerprint density at radius 3 is 2.43 bits per heavy atom. The molecular formula is C29H48O. The maximum Gasteiger partial charge on any atom is 0.142 e. The Morgan fingerprint density at radius 2 is 1.70 bits per heavy atom. The molecular weight excluding hydrogens is 364 g/mol. The van der Waals surface area contributed by atoms with E-state index >= 15 is 0 Å². The summed E-state index contributed by atoms with van der Waals surface area (Å²) in [7, 11) is 0. The number of hydrogen-bond acceptors (Lipinski definition) is 1. The van der Waals surface area contributed by atoms with Gasteiger partial charge in [0.2, 0.25) is 0 Å². The molecule has 0 heterocycles. The van der Waals surface area contributed by atoms with Crippen LogP contribution in [0.1, 0.15) is 112 Å². The van der Waals surface area contributed by atoms with Crippen LogP contribution in [0.25, 0.3) is 0 Å². The first-order chi connectivity index (χ1) is 14.3. The molecule has 0 saturated heterocycles. The smallest absolute Gasteiger partial charge is 0.142 e. The zero-order valence-electron chi connectivity index (χ0n) is 20.6. The van der Waals surface area contributed by atoms with E-state index in [9.17, 15) is 4.79 Å². The van der Waals surface area contributed by atoms with Crippen LogP contribution in [0.4, 0.5) is 0 Å². The van der Waals surface area contributed by atoms with Crippen LogP contribution in [0.5, 0.6) is 0 Å². The van der Waals surface area contributed by atoms with Gasteiger partial charge in [0.25, 0.3) is 0 Å². The van der Waals surface area contributed by atoms with E-state index in [0.29, 0.717) is 10.8 Å². The fourth-order valence-corrected chi connectivity index (χ4v) is 9.38. The molecule has 0 aliphatic heterocycles. The molecule has 30 heavy (non-hydrogen) atoms. The van der Waals surface area contributed by atoms with Gasteiger partial charge in [0.15, 0.2) is 0 Å². The summed E-state index contributed by atoms with van der Waals surface area (Å²) in [6, 6.07) is 0. The molecule has 0 radical (unpaired) electrons. The lowest BCUT2D eigenvalue weighted by Crippen LogP contribution is -2.53. The maximum atomic E-state index is 11.0. The zero-order valence-corrected chi connectivity index (χ0v) is 20.6. The van der Waals surface area contributed by atoms with Crippen LogP contribution in [0.3, 0.4) is 0 Å². The van der Waals surface area contributed by atoms with Crippen molar-refractivity contribution in [3.63, 3.8) is 0 Å². The minimum atomic E-state index is 0.533. The van der Waals surface area contributed by atoms with Crippen molar-refractivity contribution < 1.29 is 4.79 Å². The Morgan fingerprint density at radius 1 is 0.933 bits per heavy atom. The topological polar surface area (TPSA) is 17.1 Å². The van der Waals surface area contributed by atoms with Crippen molar-refractivity contribution in [1.29, 1.82) is 0 Å². The molecule has 0 aromatic heterocycles. The highest BCUT2D eigenvalue weighted by Gasteiger charge is 2.60. The molecule has 1 heteroatoms. The van der Waals surface area contributed by atoms with Gasteiger partial charge in [-0.25, -0.2) is 0 Å². The summed E-state index contributed by atoms with van der Waals surface area (Å²) in [5.41, 5.74) is 2.58. The molecule has 0 spiro atoms. The Balaban J connectivity index is 1.46. The highest BCUT2D eigenvalue weighted by Crippen LogP contribution is 2.68. The highest BCUT2D eigenvalue weighted by molar-refractivity contribution is 5.66. The largest absolute Gasteiger partial charge is 0.299 e. The Hall–Kier alpha value is -0.590. The van der Waals surface area contributed by atoms with Gasteiger partial charge in [-0.05, 0) is 116 Å². The van der Waals surface area contributed by atoms with Crippen molar-refractivity contribution in [1.82, 2.24) is 0 Å². The molecule has 4 saturated carbocycles. The monoisotopic (exact) mass is 412 g/mol. The summed E-state index contributed by atoms with van der Waals surface area (Å²) in [5.74, 6) is 6.47. The van der Waals surface area contributed by atoms with E-state index in [-0.39, 0.29) is 0 Å². The molecule has 0 bridgehead atoms. The number of carbonyl (C=O) groups excluding carboxylic acids is 1. The van der Waals surface area contributed by atoms with Crippen LogP contribution in [0.15, 0.2) is 11.6 Å². The van der Waals surface area contributed by atoms with Crippen molar-refractivity contribution >= 4 is 6.29 Å². The molecule has 0 aromatic rings. The van der Waals surface area contributed by atoms with E-state index < -0.39 is 0 Å². The van der Waals surface area contributed by atoms with Crippen LogP contribution in [-0.4, -0.2) is 6.29 Å². The fraction of sp³-hybridized carbons (Fsp3) is 0.897. The fourth-order valence-electron chi connectivity index (χ4n) is 9.38. The lowest BCUT2D eigenvalue weighted by molar-refractivity contribution is -0.109. The van der Waals surface area contributed by atoms with Crippen molar-refractivity contribution in [2.45, 2.75) is 112 Å². The van der Waals surface area contributed by atoms with Gasteiger partial charge < -0.3 is 0 Å². The molecule has 4 rings (SSSR count). The van der Waals surface area contributed by atoms with Crippen molar-refractivity contribution in [2.24, 2.45) is 52.3 Å². The number of fused-ring (bicyclic) bond motifs is 5. The van der Waals surface area contributed by atoms with E-state index in [1.54, 1.807) is 0 Å². The van der Waals surface area contributed by atoms with Gasteiger partial charge in [0.05, 0.1) is 0 Å². The average Bonchev–Trinajstić information content (AvgIpc) is 3.05. The van der Waals surface area contributed by atoms with Crippen molar-refractivity contribution in [3.8, 4) is 0 Å². The number of rotatable bonds is 6. The number of hydrogen-bond donors (Lipinski definition) is 0. The SMILES string of the molecule is CC(C)CCC[C@@H](C)[C@H]1CC[C@H]2[C@@H]3CCC4CC(=CC=O)CC[C@]4(C)[C@H]3CC[C@]12C. The normalized spacial score (nSPS) is 45.7. The summed E-state index contributed by atoms with van der Waals surface area (Å²) in [6.45, 7) is 12.7. The molecule has 1 unspecified atom stereocenters. The second kappa shape index (κ2) is 8.74. The van der Waals surface area contributed by atoms with Crippen molar-refractivity contribution in [3.05, 3.63) is 11.6 Å². The van der Waals surface area contributed by atoms with Crippen LogP contribution < -0.4 is 0 Å². The summed E-state index contributed by atoms with van der Waals surface area (Å²) in [5, 5.41) is 0. The van der Waals surface area contributed by atoms with E-state index in [0.717, 1.165) is 47.7 Å². The zero-order chi connectivity index (χ0) is 21.5. The molecule has 0 N–H and O–H groups in total. The Kier molecular flexibility index (Phi) is 6.59. The van der Waals surface area contributed by atoms with Gasteiger partial charge in [-0.3, -0.25) is 4.79 Å². The third-order valence-electron chi connectivity index (χ3n) is 11.1. The van der Waals surface area contributed by atoms with Crippen LogP contribution in [-0.2, 0) is 4.79 Å². The van der Waals surface area contributed by atoms with Gasteiger partial charge in [0.1, 0.15) is 6.29 Å². The van der Waals surface area contributed by atoms with E-state index in [1.165, 1.54) is 82.6 Å². The molecule has 0 aromatic carbocycles. The van der Waals surface area contributed by atoms with Gasteiger partial charge in [-0.15, -0.1) is 0 Å². The first-order valence-electron chi connectivity index (χ1n) is 13.4. The predicted octanol–water partition coefficient (Wildman–Crippen LogP) is 8.23. The minimum absolute atomic E-state index is 0.533. The lowest BCUT2D eigenvalue weighted by atomic mass is 9.44. The molecule has 4 aliphatic carbocycles. The maximum absolute atomic E-state index is 11.0. The average molecular weight is 413 g/mol. The van der Waals surface area contributed by atoms with Gasteiger partial charge >= 0.3 is 0 Å². The van der Waals surface area contributed by atoms with Crippen molar-refractivity contribution in [2.75, 3.05) is 0 Å². The van der Waals surface area contributed by atoms with Gasteiger partial charge in [-0.2, -0.15) is 0 Å².